The average molecular weight is 214 g/mol. The number of hydrogen-bond acceptors (Lipinski definition) is 3. The van der Waals surface area contributed by atoms with Gasteiger partial charge in [-0.3, -0.25) is 4.79 Å². The number of aliphatic hydroxyl groups is 1. The van der Waals surface area contributed by atoms with Crippen LogP contribution >= 0.6 is 0 Å². The van der Waals surface area contributed by atoms with Crippen LogP contribution in [0.3, 0.4) is 0 Å². The summed E-state index contributed by atoms with van der Waals surface area (Å²) in [5.74, 6) is 0.179. The maximum Gasteiger partial charge on any atom is 0.239 e. The van der Waals surface area contributed by atoms with E-state index in [2.05, 4.69) is 5.32 Å². The summed E-state index contributed by atoms with van der Waals surface area (Å²) in [6.07, 6.45) is 0.883. The highest BCUT2D eigenvalue weighted by molar-refractivity contribution is 5.84. The van der Waals surface area contributed by atoms with Gasteiger partial charge in [0.1, 0.15) is 0 Å². The summed E-state index contributed by atoms with van der Waals surface area (Å²) in [5, 5.41) is 12.3. The summed E-state index contributed by atoms with van der Waals surface area (Å²) in [4.78, 5) is 13.7. The lowest BCUT2D eigenvalue weighted by molar-refractivity contribution is -0.130. The SMILES string of the molecule is CCNC1CCN(CC(C)(C)CO)C1=O. The summed E-state index contributed by atoms with van der Waals surface area (Å²) in [6.45, 7) is 8.34. The Hall–Kier alpha value is -0.610. The molecule has 1 atom stereocenters. The highest BCUT2D eigenvalue weighted by Crippen LogP contribution is 2.20. The lowest BCUT2D eigenvalue weighted by atomic mass is 9.94. The molecule has 0 radical (unpaired) electrons. The van der Waals surface area contributed by atoms with E-state index in [-0.39, 0.29) is 24.0 Å². The molecule has 1 rings (SSSR count). The van der Waals surface area contributed by atoms with Crippen molar-refractivity contribution in [2.75, 3.05) is 26.2 Å². The lowest BCUT2D eigenvalue weighted by Crippen LogP contribution is -2.42. The van der Waals surface area contributed by atoms with Crippen molar-refractivity contribution in [2.24, 2.45) is 5.41 Å². The van der Waals surface area contributed by atoms with Crippen molar-refractivity contribution in [1.82, 2.24) is 10.2 Å². The third-order valence-electron chi connectivity index (χ3n) is 2.79. The standard InChI is InChI=1S/C11H22N2O2/c1-4-12-9-5-6-13(10(9)15)7-11(2,3)8-14/h9,12,14H,4-8H2,1-3H3. The molecule has 1 heterocycles. The molecule has 4 nitrogen and oxygen atoms in total. The van der Waals surface area contributed by atoms with E-state index in [0.29, 0.717) is 6.54 Å². The monoisotopic (exact) mass is 214 g/mol. The molecule has 0 bridgehead atoms. The fraction of sp³-hybridized carbons (Fsp3) is 0.909. The first-order chi connectivity index (χ1) is 7.00. The molecule has 0 aromatic rings. The van der Waals surface area contributed by atoms with Crippen LogP contribution in [0.2, 0.25) is 0 Å². The molecule has 2 N–H and O–H groups in total. The van der Waals surface area contributed by atoms with Crippen LogP contribution in [-0.2, 0) is 4.79 Å². The van der Waals surface area contributed by atoms with Crippen molar-refractivity contribution < 1.29 is 9.90 Å². The number of aliphatic hydroxyl groups excluding tert-OH is 1. The van der Waals surface area contributed by atoms with Crippen LogP contribution in [0, 0.1) is 5.41 Å². The normalized spacial score (nSPS) is 22.5. The van der Waals surface area contributed by atoms with Crippen LogP contribution in [0.1, 0.15) is 27.2 Å². The molecule has 1 aliphatic rings. The first-order valence-electron chi connectivity index (χ1n) is 5.63. The second kappa shape index (κ2) is 4.94. The minimum absolute atomic E-state index is 0.00973. The van der Waals surface area contributed by atoms with Gasteiger partial charge in [-0.15, -0.1) is 0 Å². The van der Waals surface area contributed by atoms with Crippen molar-refractivity contribution >= 4 is 5.91 Å². The van der Waals surface area contributed by atoms with Gasteiger partial charge < -0.3 is 15.3 Å². The van der Waals surface area contributed by atoms with Gasteiger partial charge in [-0.2, -0.15) is 0 Å². The number of hydrogen-bond donors (Lipinski definition) is 2. The summed E-state index contributed by atoms with van der Waals surface area (Å²) >= 11 is 0. The molecule has 88 valence electrons. The third kappa shape index (κ3) is 3.18. The van der Waals surface area contributed by atoms with E-state index >= 15 is 0 Å². The maximum atomic E-state index is 11.9. The molecule has 0 spiro atoms. The number of amides is 1. The predicted molar refractivity (Wildman–Crippen MR) is 59.5 cm³/mol. The van der Waals surface area contributed by atoms with Gasteiger partial charge in [0.25, 0.3) is 0 Å². The minimum atomic E-state index is -0.198. The molecule has 1 fully saturated rings. The minimum Gasteiger partial charge on any atom is -0.396 e. The zero-order chi connectivity index (χ0) is 11.5. The molecule has 0 aromatic heterocycles. The summed E-state index contributed by atoms with van der Waals surface area (Å²) in [6, 6.07) is -0.00973. The second-order valence-electron chi connectivity index (χ2n) is 4.98. The largest absolute Gasteiger partial charge is 0.396 e. The third-order valence-corrected chi connectivity index (χ3v) is 2.79. The number of likely N-dealkylation sites (tertiary alicyclic amines) is 1. The Morgan fingerprint density at radius 1 is 1.60 bits per heavy atom. The average Bonchev–Trinajstić information content (AvgIpc) is 2.50. The molecular formula is C11H22N2O2. The topological polar surface area (TPSA) is 52.6 Å². The molecule has 4 heteroatoms. The number of nitrogens with zero attached hydrogens (tertiary/aromatic N) is 1. The van der Waals surface area contributed by atoms with Crippen molar-refractivity contribution in [1.29, 1.82) is 0 Å². The number of rotatable bonds is 5. The van der Waals surface area contributed by atoms with E-state index in [0.717, 1.165) is 19.5 Å². The molecule has 1 amide bonds. The first-order valence-corrected chi connectivity index (χ1v) is 5.63. The molecule has 1 aliphatic heterocycles. The maximum absolute atomic E-state index is 11.9. The summed E-state index contributed by atoms with van der Waals surface area (Å²) in [7, 11) is 0. The quantitative estimate of drug-likeness (QED) is 0.688. The Labute approximate surface area is 91.6 Å². The van der Waals surface area contributed by atoms with Crippen LogP contribution in [0.15, 0.2) is 0 Å². The summed E-state index contributed by atoms with van der Waals surface area (Å²) in [5.41, 5.74) is -0.198. The molecule has 1 saturated heterocycles. The summed E-state index contributed by atoms with van der Waals surface area (Å²) < 4.78 is 0. The Morgan fingerprint density at radius 2 is 2.27 bits per heavy atom. The van der Waals surface area contributed by atoms with Crippen molar-refractivity contribution in [2.45, 2.75) is 33.2 Å². The Bertz CT molecular complexity index is 229. The fourth-order valence-corrected chi connectivity index (χ4v) is 1.90. The van der Waals surface area contributed by atoms with Gasteiger partial charge in [-0.05, 0) is 13.0 Å². The van der Waals surface area contributed by atoms with Crippen LogP contribution in [0.25, 0.3) is 0 Å². The molecule has 15 heavy (non-hydrogen) atoms. The van der Waals surface area contributed by atoms with E-state index < -0.39 is 0 Å². The zero-order valence-electron chi connectivity index (χ0n) is 9.92. The number of carbonyl (C=O) groups is 1. The van der Waals surface area contributed by atoms with Crippen molar-refractivity contribution in [3.8, 4) is 0 Å². The van der Waals surface area contributed by atoms with E-state index in [9.17, 15) is 4.79 Å². The van der Waals surface area contributed by atoms with Gasteiger partial charge in [0.15, 0.2) is 0 Å². The Balaban J connectivity index is 2.49. The first kappa shape index (κ1) is 12.5. The van der Waals surface area contributed by atoms with Gasteiger partial charge in [0, 0.05) is 25.1 Å². The fourth-order valence-electron chi connectivity index (χ4n) is 1.90. The predicted octanol–water partition coefficient (Wildman–Crippen LogP) is 0.215. The van der Waals surface area contributed by atoms with Crippen LogP contribution < -0.4 is 5.32 Å². The second-order valence-corrected chi connectivity index (χ2v) is 4.98. The highest BCUT2D eigenvalue weighted by Gasteiger charge is 2.33. The molecule has 0 saturated carbocycles. The Kier molecular flexibility index (Phi) is 4.11. The lowest BCUT2D eigenvalue weighted by Gasteiger charge is -2.28. The van der Waals surface area contributed by atoms with Crippen LogP contribution in [0.5, 0.6) is 0 Å². The van der Waals surface area contributed by atoms with Crippen LogP contribution in [0.4, 0.5) is 0 Å². The van der Waals surface area contributed by atoms with E-state index in [4.69, 9.17) is 5.11 Å². The van der Waals surface area contributed by atoms with Crippen LogP contribution in [-0.4, -0.2) is 48.2 Å². The molecule has 0 aromatic carbocycles. The van der Waals surface area contributed by atoms with Crippen molar-refractivity contribution in [3.63, 3.8) is 0 Å². The van der Waals surface area contributed by atoms with Gasteiger partial charge in [-0.1, -0.05) is 20.8 Å². The molecule has 1 unspecified atom stereocenters. The van der Waals surface area contributed by atoms with Gasteiger partial charge in [0.05, 0.1) is 6.04 Å². The highest BCUT2D eigenvalue weighted by atomic mass is 16.3. The number of likely N-dealkylation sites (N-methyl/N-ethyl adjacent to an activating group) is 1. The number of nitrogens with one attached hydrogen (secondary N) is 1. The van der Waals surface area contributed by atoms with E-state index in [1.807, 2.05) is 25.7 Å². The van der Waals surface area contributed by atoms with E-state index in [1.165, 1.54) is 0 Å². The van der Waals surface area contributed by atoms with Gasteiger partial charge in [-0.25, -0.2) is 0 Å². The molecule has 0 aliphatic carbocycles. The smallest absolute Gasteiger partial charge is 0.239 e. The van der Waals surface area contributed by atoms with E-state index in [1.54, 1.807) is 0 Å². The van der Waals surface area contributed by atoms with Gasteiger partial charge >= 0.3 is 0 Å². The number of carbonyl (C=O) groups excluding carboxylic acids is 1. The Morgan fingerprint density at radius 3 is 2.80 bits per heavy atom. The zero-order valence-corrected chi connectivity index (χ0v) is 9.92. The van der Waals surface area contributed by atoms with Crippen molar-refractivity contribution in [3.05, 3.63) is 0 Å². The molecular weight excluding hydrogens is 192 g/mol. The van der Waals surface area contributed by atoms with Gasteiger partial charge in [0.2, 0.25) is 5.91 Å².